The quantitative estimate of drug-likeness (QED) is 0.548. The van der Waals surface area contributed by atoms with E-state index >= 15 is 0 Å². The van der Waals surface area contributed by atoms with Crippen LogP contribution in [-0.2, 0) is 9.47 Å². The zero-order chi connectivity index (χ0) is 11.4. The zero-order valence-electron chi connectivity index (χ0n) is 10.2. The fraction of sp³-hybridized carbons (Fsp3) is 1.00. The van der Waals surface area contributed by atoms with Crippen molar-refractivity contribution in [3.05, 3.63) is 0 Å². The van der Waals surface area contributed by atoms with E-state index < -0.39 is 0 Å². The van der Waals surface area contributed by atoms with Gasteiger partial charge in [-0.3, -0.25) is 11.3 Å². The molecule has 0 bridgehead atoms. The lowest BCUT2D eigenvalue weighted by Gasteiger charge is -2.22. The molecule has 3 N–H and O–H groups in total. The van der Waals surface area contributed by atoms with Gasteiger partial charge in [0.15, 0.2) is 0 Å². The number of ether oxygens (including phenoxy) is 2. The highest BCUT2D eigenvalue weighted by molar-refractivity contribution is 4.82. The summed E-state index contributed by atoms with van der Waals surface area (Å²) in [6, 6.07) is 0.383. The van der Waals surface area contributed by atoms with Crippen LogP contribution in [0, 0.1) is 5.92 Å². The van der Waals surface area contributed by atoms with Gasteiger partial charge >= 0.3 is 0 Å². The molecule has 2 heterocycles. The second-order valence-electron chi connectivity index (χ2n) is 5.13. The van der Waals surface area contributed by atoms with E-state index in [1.807, 2.05) is 0 Å². The van der Waals surface area contributed by atoms with E-state index in [-0.39, 0.29) is 0 Å². The summed E-state index contributed by atoms with van der Waals surface area (Å²) in [6.45, 7) is 3.92. The summed E-state index contributed by atoms with van der Waals surface area (Å²) in [5.41, 5.74) is 2.95. The molecule has 4 atom stereocenters. The van der Waals surface area contributed by atoms with Gasteiger partial charge < -0.3 is 9.47 Å². The fourth-order valence-corrected chi connectivity index (χ4v) is 2.82. The number of rotatable bonds is 5. The summed E-state index contributed by atoms with van der Waals surface area (Å²) in [5, 5.41) is 0. The third-order valence-electron chi connectivity index (χ3n) is 3.84. The van der Waals surface area contributed by atoms with Crippen LogP contribution in [0.1, 0.15) is 39.0 Å². The minimum absolute atomic E-state index is 0.383. The maximum atomic E-state index is 5.64. The SMILES string of the molecule is CC1CC(C(CCC2CCCO2)NN)CO1. The molecule has 2 fully saturated rings. The summed E-state index contributed by atoms with van der Waals surface area (Å²) in [4.78, 5) is 0. The molecule has 0 amide bonds. The molecular formula is C12H24N2O2. The van der Waals surface area contributed by atoms with Crippen LogP contribution in [-0.4, -0.2) is 31.5 Å². The van der Waals surface area contributed by atoms with Gasteiger partial charge in [0.05, 0.1) is 18.8 Å². The highest BCUT2D eigenvalue weighted by Gasteiger charge is 2.29. The lowest BCUT2D eigenvalue weighted by atomic mass is 9.92. The first-order valence-corrected chi connectivity index (χ1v) is 6.49. The number of hydrazine groups is 1. The van der Waals surface area contributed by atoms with Crippen molar-refractivity contribution in [3.63, 3.8) is 0 Å². The van der Waals surface area contributed by atoms with E-state index in [2.05, 4.69) is 12.3 Å². The van der Waals surface area contributed by atoms with Crippen LogP contribution in [0.25, 0.3) is 0 Å². The van der Waals surface area contributed by atoms with Crippen molar-refractivity contribution in [2.24, 2.45) is 11.8 Å². The van der Waals surface area contributed by atoms with Gasteiger partial charge in [0.2, 0.25) is 0 Å². The first kappa shape index (κ1) is 12.3. The molecular weight excluding hydrogens is 204 g/mol. The van der Waals surface area contributed by atoms with Crippen LogP contribution in [0.2, 0.25) is 0 Å². The zero-order valence-corrected chi connectivity index (χ0v) is 10.2. The molecule has 0 aromatic heterocycles. The van der Waals surface area contributed by atoms with E-state index in [4.69, 9.17) is 15.3 Å². The van der Waals surface area contributed by atoms with E-state index in [0.29, 0.717) is 24.2 Å². The molecule has 0 saturated carbocycles. The Morgan fingerprint density at radius 2 is 2.31 bits per heavy atom. The third-order valence-corrected chi connectivity index (χ3v) is 3.84. The van der Waals surface area contributed by atoms with Gasteiger partial charge in [-0.25, -0.2) is 0 Å². The van der Waals surface area contributed by atoms with Gasteiger partial charge in [-0.05, 0) is 39.0 Å². The standard InChI is InChI=1S/C12H24N2O2/c1-9-7-10(8-16-9)12(14-13)5-4-11-3-2-6-15-11/h9-12,14H,2-8,13H2,1H3. The lowest BCUT2D eigenvalue weighted by molar-refractivity contribution is 0.0940. The molecule has 0 spiro atoms. The lowest BCUT2D eigenvalue weighted by Crippen LogP contribution is -2.41. The van der Waals surface area contributed by atoms with Crippen LogP contribution in [0.5, 0.6) is 0 Å². The molecule has 4 unspecified atom stereocenters. The van der Waals surface area contributed by atoms with Gasteiger partial charge in [0, 0.05) is 18.6 Å². The van der Waals surface area contributed by atoms with E-state index in [1.165, 1.54) is 12.8 Å². The third kappa shape index (κ3) is 3.17. The Kier molecular flexibility index (Phi) is 4.58. The van der Waals surface area contributed by atoms with Crippen molar-refractivity contribution in [3.8, 4) is 0 Å². The Morgan fingerprint density at radius 3 is 2.88 bits per heavy atom. The summed E-state index contributed by atoms with van der Waals surface area (Å²) in [7, 11) is 0. The number of nitrogens with one attached hydrogen (secondary N) is 1. The first-order valence-electron chi connectivity index (χ1n) is 6.49. The second kappa shape index (κ2) is 5.96. The molecule has 4 heteroatoms. The van der Waals surface area contributed by atoms with Crippen LogP contribution in [0.4, 0.5) is 0 Å². The van der Waals surface area contributed by atoms with Crippen molar-refractivity contribution in [2.45, 2.75) is 57.3 Å². The molecule has 4 nitrogen and oxygen atoms in total. The minimum Gasteiger partial charge on any atom is -0.378 e. The number of nitrogens with two attached hydrogens (primary N) is 1. The topological polar surface area (TPSA) is 56.5 Å². The average Bonchev–Trinajstić information content (AvgIpc) is 2.91. The monoisotopic (exact) mass is 228 g/mol. The van der Waals surface area contributed by atoms with Crippen molar-refractivity contribution in [2.75, 3.05) is 13.2 Å². The highest BCUT2D eigenvalue weighted by Crippen LogP contribution is 2.26. The number of hydrogen-bond donors (Lipinski definition) is 2. The van der Waals surface area contributed by atoms with Crippen molar-refractivity contribution in [1.82, 2.24) is 5.43 Å². The molecule has 2 saturated heterocycles. The molecule has 0 aromatic carbocycles. The average molecular weight is 228 g/mol. The fourth-order valence-electron chi connectivity index (χ4n) is 2.82. The summed E-state index contributed by atoms with van der Waals surface area (Å²) in [6.07, 6.45) is 6.64. The maximum absolute atomic E-state index is 5.64. The van der Waals surface area contributed by atoms with E-state index in [1.54, 1.807) is 0 Å². The normalized spacial score (nSPS) is 36.8. The Labute approximate surface area is 97.8 Å². The van der Waals surface area contributed by atoms with Crippen LogP contribution in [0.3, 0.4) is 0 Å². The van der Waals surface area contributed by atoms with Crippen molar-refractivity contribution >= 4 is 0 Å². The summed E-state index contributed by atoms with van der Waals surface area (Å²) in [5.74, 6) is 6.21. The molecule has 16 heavy (non-hydrogen) atoms. The Bertz CT molecular complexity index is 207. The number of hydrogen-bond acceptors (Lipinski definition) is 4. The maximum Gasteiger partial charge on any atom is 0.0576 e. The Balaban J connectivity index is 1.72. The van der Waals surface area contributed by atoms with Gasteiger partial charge in [-0.1, -0.05) is 0 Å². The minimum atomic E-state index is 0.383. The first-order chi connectivity index (χ1) is 7.79. The summed E-state index contributed by atoms with van der Waals surface area (Å²) >= 11 is 0. The van der Waals surface area contributed by atoms with Crippen molar-refractivity contribution < 1.29 is 9.47 Å². The molecule has 0 radical (unpaired) electrons. The van der Waals surface area contributed by atoms with E-state index in [9.17, 15) is 0 Å². The van der Waals surface area contributed by atoms with Crippen molar-refractivity contribution in [1.29, 1.82) is 0 Å². The van der Waals surface area contributed by atoms with Gasteiger partial charge in [0.1, 0.15) is 0 Å². The molecule has 2 rings (SSSR count). The second-order valence-corrected chi connectivity index (χ2v) is 5.13. The highest BCUT2D eigenvalue weighted by atomic mass is 16.5. The Morgan fingerprint density at radius 1 is 1.44 bits per heavy atom. The molecule has 0 aliphatic carbocycles. The van der Waals surface area contributed by atoms with E-state index in [0.717, 1.165) is 32.5 Å². The van der Waals surface area contributed by atoms with Gasteiger partial charge in [-0.2, -0.15) is 0 Å². The summed E-state index contributed by atoms with van der Waals surface area (Å²) < 4.78 is 11.2. The van der Waals surface area contributed by atoms with Gasteiger partial charge in [-0.15, -0.1) is 0 Å². The van der Waals surface area contributed by atoms with Crippen LogP contribution >= 0.6 is 0 Å². The van der Waals surface area contributed by atoms with Gasteiger partial charge in [0.25, 0.3) is 0 Å². The molecule has 2 aliphatic heterocycles. The van der Waals surface area contributed by atoms with Crippen LogP contribution in [0.15, 0.2) is 0 Å². The molecule has 2 aliphatic rings. The smallest absolute Gasteiger partial charge is 0.0576 e. The predicted octanol–water partition coefficient (Wildman–Crippen LogP) is 1.20. The van der Waals surface area contributed by atoms with Crippen LogP contribution < -0.4 is 11.3 Å². The molecule has 94 valence electrons. The predicted molar refractivity (Wildman–Crippen MR) is 62.8 cm³/mol. The molecule has 0 aromatic rings. The Hall–Kier alpha value is -0.160. The largest absolute Gasteiger partial charge is 0.378 e.